The van der Waals surface area contributed by atoms with Gasteiger partial charge in [0.1, 0.15) is 5.58 Å². The van der Waals surface area contributed by atoms with Gasteiger partial charge in [-0.2, -0.15) is 0 Å². The van der Waals surface area contributed by atoms with Crippen molar-refractivity contribution in [2.75, 3.05) is 0 Å². The van der Waals surface area contributed by atoms with Gasteiger partial charge in [-0.05, 0) is 101 Å². The maximum atomic E-state index is 6.33. The Bertz CT molecular complexity index is 2500. The van der Waals surface area contributed by atoms with Gasteiger partial charge in [-0.15, -0.1) is 47.5 Å². The van der Waals surface area contributed by atoms with Crippen LogP contribution in [0.25, 0.3) is 55.6 Å². The number of hydrogen-bond donors (Lipinski definition) is 0. The van der Waals surface area contributed by atoms with Crippen molar-refractivity contribution in [3.8, 4) is 33.6 Å². The van der Waals surface area contributed by atoms with E-state index >= 15 is 0 Å². The van der Waals surface area contributed by atoms with Gasteiger partial charge in [-0.3, -0.25) is 0 Å². The Morgan fingerprint density at radius 2 is 1.44 bits per heavy atom. The third-order valence-electron chi connectivity index (χ3n) is 13.1. The van der Waals surface area contributed by atoms with Gasteiger partial charge in [-0.1, -0.05) is 155 Å². The Balaban J connectivity index is 0.000000192. The first-order chi connectivity index (χ1) is 27.9. The molecule has 9 rings (SSSR count). The zero-order valence-corrected chi connectivity index (χ0v) is 39.6. The first-order valence-electron chi connectivity index (χ1n) is 21.8. The average molecular weight is 973 g/mol. The van der Waals surface area contributed by atoms with Crippen molar-refractivity contribution < 1.29 is 24.5 Å². The van der Waals surface area contributed by atoms with Crippen LogP contribution in [0.3, 0.4) is 0 Å². The van der Waals surface area contributed by atoms with Crippen LogP contribution in [0, 0.1) is 37.8 Å². The number of pyridine rings is 2. The third kappa shape index (κ3) is 9.59. The van der Waals surface area contributed by atoms with Gasteiger partial charge in [0.25, 0.3) is 0 Å². The molecule has 3 aromatic heterocycles. The number of benzene rings is 4. The summed E-state index contributed by atoms with van der Waals surface area (Å²) in [6, 6.07) is 39.2. The molecule has 3 heterocycles. The molecule has 0 atom stereocenters. The van der Waals surface area contributed by atoms with Crippen molar-refractivity contribution in [2.24, 2.45) is 11.8 Å². The Hall–Kier alpha value is -4.15. The first kappa shape index (κ1) is 43.0. The van der Waals surface area contributed by atoms with Crippen molar-refractivity contribution in [2.45, 2.75) is 117 Å². The van der Waals surface area contributed by atoms with Gasteiger partial charge in [0, 0.05) is 32.5 Å². The SMILES string of the molecule is C[Si](C)(C)c1cnc(-c2[c-]cccc2)cc1CC1CCCCC1.Cc1cc(C)cc(-c2cc(-c3cc(C(C)(C)C4CCCC4)ccn3)[c-]c3oc4ccccc4c23)c1.[Ir]. The summed E-state index contributed by atoms with van der Waals surface area (Å²) in [7, 11) is -1.36. The Labute approximate surface area is 367 Å². The summed E-state index contributed by atoms with van der Waals surface area (Å²) >= 11 is 0. The zero-order chi connectivity index (χ0) is 40.4. The van der Waals surface area contributed by atoms with E-state index in [0.717, 1.165) is 56.3 Å². The van der Waals surface area contributed by atoms with E-state index in [-0.39, 0.29) is 25.5 Å². The summed E-state index contributed by atoms with van der Waals surface area (Å²) in [6.45, 7) is 16.4. The molecule has 307 valence electrons. The van der Waals surface area contributed by atoms with Crippen LogP contribution in [-0.4, -0.2) is 18.0 Å². The molecular weight excluding hydrogens is 913 g/mol. The maximum Gasteiger partial charge on any atom is 0.123 e. The normalized spacial score (nSPS) is 15.2. The number of rotatable bonds is 8. The van der Waals surface area contributed by atoms with E-state index in [9.17, 15) is 0 Å². The summed E-state index contributed by atoms with van der Waals surface area (Å²) in [4.78, 5) is 9.58. The van der Waals surface area contributed by atoms with Gasteiger partial charge in [-0.25, -0.2) is 0 Å². The van der Waals surface area contributed by atoms with Crippen molar-refractivity contribution in [1.82, 2.24) is 9.97 Å². The molecule has 2 saturated carbocycles. The second-order valence-corrected chi connectivity index (χ2v) is 23.9. The fourth-order valence-electron chi connectivity index (χ4n) is 9.88. The van der Waals surface area contributed by atoms with E-state index in [1.165, 1.54) is 92.0 Å². The fraction of sp³-hybridized carbons (Fsp3) is 0.370. The number of fused-ring (bicyclic) bond motifs is 3. The molecule has 2 aliphatic rings. The second-order valence-electron chi connectivity index (χ2n) is 18.9. The smallest absolute Gasteiger partial charge is 0.123 e. The second kappa shape index (κ2) is 18.2. The monoisotopic (exact) mass is 973 g/mol. The molecule has 2 fully saturated rings. The summed E-state index contributed by atoms with van der Waals surface area (Å²) in [6.07, 6.45) is 17.8. The van der Waals surface area contributed by atoms with Gasteiger partial charge >= 0.3 is 0 Å². The largest absolute Gasteiger partial charge is 0.477 e. The molecule has 1 radical (unpaired) electrons. The topological polar surface area (TPSA) is 38.9 Å². The van der Waals surface area contributed by atoms with Crippen molar-refractivity contribution in [1.29, 1.82) is 0 Å². The van der Waals surface area contributed by atoms with Crippen LogP contribution in [-0.2, 0) is 31.9 Å². The fourth-order valence-corrected chi connectivity index (χ4v) is 11.5. The van der Waals surface area contributed by atoms with Crippen LogP contribution in [0.2, 0.25) is 19.6 Å². The number of furan rings is 1. The van der Waals surface area contributed by atoms with Crippen LogP contribution in [0.4, 0.5) is 0 Å². The number of para-hydroxylation sites is 1. The predicted octanol–water partition coefficient (Wildman–Crippen LogP) is 14.4. The minimum absolute atomic E-state index is 0. The van der Waals surface area contributed by atoms with Crippen molar-refractivity contribution in [3.05, 3.63) is 138 Å². The van der Waals surface area contributed by atoms with Crippen LogP contribution < -0.4 is 5.19 Å². The van der Waals surface area contributed by atoms with E-state index in [0.29, 0.717) is 0 Å². The van der Waals surface area contributed by atoms with E-state index in [4.69, 9.17) is 14.4 Å². The molecule has 0 bridgehead atoms. The number of hydrogen-bond acceptors (Lipinski definition) is 3. The van der Waals surface area contributed by atoms with Crippen LogP contribution in [0.1, 0.15) is 93.9 Å². The van der Waals surface area contributed by atoms with Gasteiger partial charge in [0.05, 0.1) is 13.7 Å². The zero-order valence-electron chi connectivity index (χ0n) is 36.2. The molecule has 0 aliphatic heterocycles. The van der Waals surface area contributed by atoms with E-state index in [1.54, 1.807) is 10.8 Å². The van der Waals surface area contributed by atoms with E-state index in [2.05, 4.69) is 132 Å². The quantitative estimate of drug-likeness (QED) is 0.113. The molecule has 0 spiro atoms. The average Bonchev–Trinajstić information content (AvgIpc) is 3.91. The number of aromatic nitrogens is 2. The number of aryl methyl sites for hydroxylation is 2. The Morgan fingerprint density at radius 3 is 2.15 bits per heavy atom. The summed E-state index contributed by atoms with van der Waals surface area (Å²) in [5.74, 6) is 1.60. The summed E-state index contributed by atoms with van der Waals surface area (Å²) in [5, 5.41) is 3.79. The molecule has 3 nitrogen and oxygen atoms in total. The molecule has 0 amide bonds. The molecule has 5 heteroatoms. The summed E-state index contributed by atoms with van der Waals surface area (Å²) in [5.41, 5.74) is 13.8. The van der Waals surface area contributed by atoms with E-state index < -0.39 is 8.07 Å². The molecule has 4 aromatic carbocycles. The molecular formula is C54H60IrN2OSi-2. The molecule has 0 N–H and O–H groups in total. The molecule has 2 aliphatic carbocycles. The van der Waals surface area contributed by atoms with Gasteiger partial charge in [0.15, 0.2) is 0 Å². The summed E-state index contributed by atoms with van der Waals surface area (Å²) < 4.78 is 6.33. The minimum Gasteiger partial charge on any atom is -0.477 e. The predicted molar refractivity (Wildman–Crippen MR) is 247 cm³/mol. The number of nitrogens with zero attached hydrogens (tertiary/aromatic N) is 2. The van der Waals surface area contributed by atoms with Crippen LogP contribution in [0.15, 0.2) is 108 Å². The Morgan fingerprint density at radius 1 is 0.746 bits per heavy atom. The van der Waals surface area contributed by atoms with E-state index in [1.807, 2.05) is 30.5 Å². The minimum atomic E-state index is -1.36. The van der Waals surface area contributed by atoms with Gasteiger partial charge in [0.2, 0.25) is 0 Å². The third-order valence-corrected chi connectivity index (χ3v) is 15.2. The van der Waals surface area contributed by atoms with Crippen molar-refractivity contribution in [3.63, 3.8) is 0 Å². The van der Waals surface area contributed by atoms with Gasteiger partial charge < -0.3 is 14.4 Å². The molecule has 0 saturated heterocycles. The first-order valence-corrected chi connectivity index (χ1v) is 25.3. The van der Waals surface area contributed by atoms with Crippen LogP contribution in [0.5, 0.6) is 0 Å². The standard InChI is InChI=1S/C33H32NO.C21H28NSi.Ir/c1-21-15-22(2)17-23(16-21)28-18-24(19-31-32(28)27-11-7-8-12-30(27)35-31)29-20-26(13-14-34-29)33(3,4)25-9-5-6-10-25;1-23(2,3)21-16-22-20(18-12-8-5-9-13-18)15-19(21)14-17-10-6-4-7-11-17;/h7-8,11-18,20,25H,5-6,9-10H2,1-4H3;5,8-9,12,15-17H,4,6-7,10-11,14H2,1-3H3;/q2*-1;. The Kier molecular flexibility index (Phi) is 13.3. The van der Waals surface area contributed by atoms with Crippen LogP contribution >= 0.6 is 0 Å². The molecule has 7 aromatic rings. The molecule has 59 heavy (non-hydrogen) atoms. The molecule has 0 unspecified atom stereocenters. The maximum absolute atomic E-state index is 6.33. The van der Waals surface area contributed by atoms with Crippen molar-refractivity contribution >= 4 is 35.2 Å².